The van der Waals surface area contributed by atoms with Crippen LogP contribution in [0.1, 0.15) is 24.8 Å². The molecular formula is C18H21F3N4O2. The summed E-state index contributed by atoms with van der Waals surface area (Å²) in [6, 6.07) is 4.75. The summed E-state index contributed by atoms with van der Waals surface area (Å²) in [5.41, 5.74) is -0.547. The van der Waals surface area contributed by atoms with Gasteiger partial charge in [0, 0.05) is 44.6 Å². The molecule has 9 heteroatoms. The molecule has 0 N–H and O–H groups in total. The number of hydrogen-bond acceptors (Lipinski definition) is 5. The van der Waals surface area contributed by atoms with E-state index in [9.17, 15) is 18.0 Å². The minimum atomic E-state index is -4.43. The van der Waals surface area contributed by atoms with Crippen molar-refractivity contribution in [3.05, 3.63) is 35.7 Å². The van der Waals surface area contributed by atoms with Gasteiger partial charge in [-0.1, -0.05) is 24.2 Å². The SMILES string of the molecule is CCN1CCN(C(=O)CCc2nc(-c3cccc(C(F)(F)F)c3)no2)CC1. The van der Waals surface area contributed by atoms with Crippen LogP contribution in [-0.2, 0) is 17.4 Å². The third-order valence-electron chi connectivity index (χ3n) is 4.64. The van der Waals surface area contributed by atoms with Crippen molar-refractivity contribution in [3.8, 4) is 11.4 Å². The molecular weight excluding hydrogens is 361 g/mol. The van der Waals surface area contributed by atoms with E-state index in [0.29, 0.717) is 13.1 Å². The molecule has 1 aliphatic heterocycles. The summed E-state index contributed by atoms with van der Waals surface area (Å²) in [5, 5.41) is 3.74. The highest BCUT2D eigenvalue weighted by Crippen LogP contribution is 2.31. The largest absolute Gasteiger partial charge is 0.416 e. The number of hydrogen-bond donors (Lipinski definition) is 0. The summed E-state index contributed by atoms with van der Waals surface area (Å²) in [5.74, 6) is 0.340. The Hall–Kier alpha value is -2.42. The predicted molar refractivity (Wildman–Crippen MR) is 91.8 cm³/mol. The highest BCUT2D eigenvalue weighted by molar-refractivity contribution is 5.76. The second kappa shape index (κ2) is 8.08. The number of rotatable bonds is 5. The van der Waals surface area contributed by atoms with Crippen LogP contribution >= 0.6 is 0 Å². The standard InChI is InChI=1S/C18H21F3N4O2/c1-2-24-8-10-25(11-9-24)16(26)7-6-15-22-17(23-27-15)13-4-3-5-14(12-13)18(19,20)21/h3-5,12H,2,6-11H2,1H3. The van der Waals surface area contributed by atoms with Gasteiger partial charge in [-0.15, -0.1) is 0 Å². The third-order valence-corrected chi connectivity index (χ3v) is 4.64. The summed E-state index contributed by atoms with van der Waals surface area (Å²) in [7, 11) is 0. The average molecular weight is 382 g/mol. The lowest BCUT2D eigenvalue weighted by atomic mass is 10.1. The van der Waals surface area contributed by atoms with Crippen LogP contribution in [0, 0.1) is 0 Å². The Morgan fingerprint density at radius 1 is 1.22 bits per heavy atom. The van der Waals surface area contributed by atoms with Crippen LogP contribution in [0.15, 0.2) is 28.8 Å². The van der Waals surface area contributed by atoms with Crippen molar-refractivity contribution >= 4 is 5.91 Å². The maximum absolute atomic E-state index is 12.8. The van der Waals surface area contributed by atoms with Gasteiger partial charge >= 0.3 is 6.18 Å². The van der Waals surface area contributed by atoms with Crippen LogP contribution in [0.25, 0.3) is 11.4 Å². The van der Waals surface area contributed by atoms with Gasteiger partial charge in [-0.05, 0) is 18.7 Å². The van der Waals surface area contributed by atoms with E-state index in [1.165, 1.54) is 12.1 Å². The molecule has 1 aromatic carbocycles. The lowest BCUT2D eigenvalue weighted by Crippen LogP contribution is -2.48. The van der Waals surface area contributed by atoms with Gasteiger partial charge in [0.1, 0.15) is 0 Å². The normalized spacial score (nSPS) is 15.9. The first-order chi connectivity index (χ1) is 12.9. The molecule has 1 aromatic heterocycles. The van der Waals surface area contributed by atoms with Gasteiger partial charge in [-0.3, -0.25) is 4.79 Å². The molecule has 0 saturated carbocycles. The summed E-state index contributed by atoms with van der Waals surface area (Å²) < 4.78 is 43.5. The molecule has 0 bridgehead atoms. The Morgan fingerprint density at radius 3 is 2.63 bits per heavy atom. The number of alkyl halides is 3. The molecule has 1 fully saturated rings. The van der Waals surface area contributed by atoms with Crippen molar-refractivity contribution < 1.29 is 22.5 Å². The number of piperazine rings is 1. The molecule has 27 heavy (non-hydrogen) atoms. The average Bonchev–Trinajstić information content (AvgIpc) is 3.15. The van der Waals surface area contributed by atoms with Gasteiger partial charge in [-0.25, -0.2) is 0 Å². The van der Waals surface area contributed by atoms with Crippen LogP contribution in [0.3, 0.4) is 0 Å². The zero-order valence-corrected chi connectivity index (χ0v) is 15.0. The monoisotopic (exact) mass is 382 g/mol. The fourth-order valence-corrected chi connectivity index (χ4v) is 2.99. The fraction of sp³-hybridized carbons (Fsp3) is 0.500. The Kier molecular flexibility index (Phi) is 5.79. The molecule has 6 nitrogen and oxygen atoms in total. The number of amides is 1. The van der Waals surface area contributed by atoms with E-state index in [4.69, 9.17) is 4.52 Å². The minimum Gasteiger partial charge on any atom is -0.340 e. The van der Waals surface area contributed by atoms with Crippen molar-refractivity contribution in [2.75, 3.05) is 32.7 Å². The Bertz CT molecular complexity index is 783. The first-order valence-corrected chi connectivity index (χ1v) is 8.87. The Morgan fingerprint density at radius 2 is 1.96 bits per heavy atom. The molecule has 2 heterocycles. The van der Waals surface area contributed by atoms with Crippen molar-refractivity contribution in [2.24, 2.45) is 0 Å². The van der Waals surface area contributed by atoms with E-state index in [1.54, 1.807) is 0 Å². The molecule has 3 rings (SSSR count). The van der Waals surface area contributed by atoms with Gasteiger partial charge in [0.05, 0.1) is 5.56 Å². The first kappa shape index (κ1) is 19.3. The number of carbonyl (C=O) groups is 1. The molecule has 146 valence electrons. The maximum atomic E-state index is 12.8. The molecule has 1 saturated heterocycles. The van der Waals surface area contributed by atoms with Crippen LogP contribution in [0.4, 0.5) is 13.2 Å². The second-order valence-corrected chi connectivity index (χ2v) is 6.41. The topological polar surface area (TPSA) is 62.5 Å². The summed E-state index contributed by atoms with van der Waals surface area (Å²) in [6.07, 6.45) is -3.94. The smallest absolute Gasteiger partial charge is 0.340 e. The van der Waals surface area contributed by atoms with Crippen LogP contribution < -0.4 is 0 Å². The van der Waals surface area contributed by atoms with Gasteiger partial charge < -0.3 is 14.3 Å². The minimum absolute atomic E-state index is 0.0181. The molecule has 0 atom stereocenters. The van der Waals surface area contributed by atoms with Crippen LogP contribution in [0.5, 0.6) is 0 Å². The van der Waals surface area contributed by atoms with E-state index in [2.05, 4.69) is 22.0 Å². The molecule has 0 aliphatic carbocycles. The van der Waals surface area contributed by atoms with Crippen molar-refractivity contribution in [2.45, 2.75) is 25.9 Å². The second-order valence-electron chi connectivity index (χ2n) is 6.41. The molecule has 0 radical (unpaired) electrons. The van der Waals surface area contributed by atoms with Crippen LogP contribution in [0.2, 0.25) is 0 Å². The fourth-order valence-electron chi connectivity index (χ4n) is 2.99. The van der Waals surface area contributed by atoms with Gasteiger partial charge in [0.15, 0.2) is 0 Å². The van der Waals surface area contributed by atoms with E-state index >= 15 is 0 Å². The zero-order valence-electron chi connectivity index (χ0n) is 15.0. The maximum Gasteiger partial charge on any atom is 0.416 e. The van der Waals surface area contributed by atoms with E-state index in [-0.39, 0.29) is 36.0 Å². The lowest BCUT2D eigenvalue weighted by molar-refractivity contribution is -0.137. The summed E-state index contributed by atoms with van der Waals surface area (Å²) >= 11 is 0. The van der Waals surface area contributed by atoms with Gasteiger partial charge in [0.2, 0.25) is 17.6 Å². The molecule has 0 unspecified atom stereocenters. The predicted octanol–water partition coefficient (Wildman–Crippen LogP) is 2.85. The Labute approximate surface area is 154 Å². The number of likely N-dealkylation sites (N-methyl/N-ethyl adjacent to an activating group) is 1. The zero-order chi connectivity index (χ0) is 19.4. The molecule has 1 amide bonds. The number of halogens is 3. The lowest BCUT2D eigenvalue weighted by Gasteiger charge is -2.34. The summed E-state index contributed by atoms with van der Waals surface area (Å²) in [6.45, 7) is 6.19. The number of nitrogens with zero attached hydrogens (tertiary/aromatic N) is 4. The quantitative estimate of drug-likeness (QED) is 0.796. The third kappa shape index (κ3) is 4.85. The van der Waals surface area contributed by atoms with Crippen molar-refractivity contribution in [1.82, 2.24) is 19.9 Å². The number of benzene rings is 1. The Balaban J connectivity index is 1.58. The highest BCUT2D eigenvalue weighted by atomic mass is 19.4. The van der Waals surface area contributed by atoms with Gasteiger partial charge in [-0.2, -0.15) is 18.2 Å². The number of aromatic nitrogens is 2. The van der Waals surface area contributed by atoms with E-state index in [0.717, 1.165) is 31.8 Å². The summed E-state index contributed by atoms with van der Waals surface area (Å²) in [4.78, 5) is 20.5. The molecule has 1 aliphatic rings. The van der Waals surface area contributed by atoms with Crippen molar-refractivity contribution in [3.63, 3.8) is 0 Å². The molecule has 2 aromatic rings. The number of aryl methyl sites for hydroxylation is 1. The van der Waals surface area contributed by atoms with E-state index in [1.807, 2.05) is 4.90 Å². The van der Waals surface area contributed by atoms with Crippen LogP contribution in [-0.4, -0.2) is 58.6 Å². The van der Waals surface area contributed by atoms with Crippen molar-refractivity contribution in [1.29, 1.82) is 0 Å². The highest BCUT2D eigenvalue weighted by Gasteiger charge is 2.30. The van der Waals surface area contributed by atoms with E-state index < -0.39 is 11.7 Å². The first-order valence-electron chi connectivity index (χ1n) is 8.87. The molecule has 0 spiro atoms. The number of carbonyl (C=O) groups excluding carboxylic acids is 1. The van der Waals surface area contributed by atoms with Gasteiger partial charge in [0.25, 0.3) is 0 Å².